The fourth-order valence-electron chi connectivity index (χ4n) is 9.47. The highest BCUT2D eigenvalue weighted by Crippen LogP contribution is 2.67. The van der Waals surface area contributed by atoms with E-state index in [0.717, 1.165) is 62.4 Å². The highest BCUT2D eigenvalue weighted by molar-refractivity contribution is 5.76. The van der Waals surface area contributed by atoms with E-state index in [4.69, 9.17) is 0 Å². The van der Waals surface area contributed by atoms with Crippen LogP contribution in [0.15, 0.2) is 11.6 Å². The van der Waals surface area contributed by atoms with Gasteiger partial charge in [-0.3, -0.25) is 4.79 Å². The predicted molar refractivity (Wildman–Crippen MR) is 130 cm³/mol. The van der Waals surface area contributed by atoms with Crippen LogP contribution >= 0.6 is 0 Å². The fraction of sp³-hybridized carbons (Fsp3) is 0.897. The number of amides is 1. The molecule has 1 saturated heterocycles. The van der Waals surface area contributed by atoms with Crippen molar-refractivity contribution in [1.29, 1.82) is 0 Å². The minimum absolute atomic E-state index is 0.107. The molecule has 5 aliphatic rings. The van der Waals surface area contributed by atoms with Gasteiger partial charge in [-0.15, -0.1) is 0 Å². The third-order valence-corrected chi connectivity index (χ3v) is 11.4. The van der Waals surface area contributed by atoms with Gasteiger partial charge in [0.1, 0.15) is 0 Å². The molecule has 180 valence electrons. The Hall–Kier alpha value is -0.830. The normalized spacial score (nSPS) is 44.8. The van der Waals surface area contributed by atoms with Crippen LogP contribution in [0.4, 0.5) is 0 Å². The lowest BCUT2D eigenvalue weighted by Crippen LogP contribution is -2.50. The summed E-state index contributed by atoms with van der Waals surface area (Å²) in [5, 5.41) is 10.3. The van der Waals surface area contributed by atoms with Gasteiger partial charge in [0.15, 0.2) is 0 Å². The van der Waals surface area contributed by atoms with Crippen LogP contribution in [0.1, 0.15) is 104 Å². The lowest BCUT2D eigenvalue weighted by Gasteiger charge is -2.58. The van der Waals surface area contributed by atoms with Gasteiger partial charge in [0.2, 0.25) is 5.91 Å². The van der Waals surface area contributed by atoms with Gasteiger partial charge in [-0.1, -0.05) is 32.4 Å². The van der Waals surface area contributed by atoms with E-state index in [9.17, 15) is 9.90 Å². The fourth-order valence-corrected chi connectivity index (χ4v) is 9.47. The number of carbonyl (C=O) groups is 1. The summed E-state index contributed by atoms with van der Waals surface area (Å²) in [5.41, 5.74) is 2.39. The van der Waals surface area contributed by atoms with Crippen molar-refractivity contribution in [3.63, 3.8) is 0 Å². The summed E-state index contributed by atoms with van der Waals surface area (Å²) in [6, 6.07) is 0. The molecule has 32 heavy (non-hydrogen) atoms. The second-order valence-electron chi connectivity index (χ2n) is 12.8. The van der Waals surface area contributed by atoms with Crippen molar-refractivity contribution in [2.24, 2.45) is 40.4 Å². The summed E-state index contributed by atoms with van der Waals surface area (Å²) in [6.07, 6.45) is 17.8. The number of piperidine rings is 1. The van der Waals surface area contributed by atoms with E-state index in [0.29, 0.717) is 22.7 Å². The summed E-state index contributed by atoms with van der Waals surface area (Å²) in [6.45, 7) is 9.60. The van der Waals surface area contributed by atoms with Crippen molar-refractivity contribution < 1.29 is 9.90 Å². The van der Waals surface area contributed by atoms with Crippen LogP contribution in [0.2, 0.25) is 0 Å². The molecule has 3 nitrogen and oxygen atoms in total. The highest BCUT2D eigenvalue weighted by Gasteiger charge is 2.59. The molecule has 4 aliphatic carbocycles. The zero-order valence-electron chi connectivity index (χ0n) is 21.0. The zero-order chi connectivity index (χ0) is 22.5. The second-order valence-corrected chi connectivity index (χ2v) is 12.8. The van der Waals surface area contributed by atoms with Crippen LogP contribution in [0.3, 0.4) is 0 Å². The van der Waals surface area contributed by atoms with Gasteiger partial charge < -0.3 is 10.0 Å². The summed E-state index contributed by atoms with van der Waals surface area (Å²) in [7, 11) is 0. The molecule has 3 saturated carbocycles. The summed E-state index contributed by atoms with van der Waals surface area (Å²) in [4.78, 5) is 14.9. The third kappa shape index (κ3) is 3.79. The molecule has 0 aromatic carbocycles. The van der Waals surface area contributed by atoms with Crippen LogP contribution in [0.5, 0.6) is 0 Å². The SMILES string of the molecule is C[C@@H](CCC(=O)N1CCCCC1)[C@H]1CC[C@H]2[C@@H]3CC=C4C[C@@H](O)CC[C@]4(C)C3CC[C@]12C. The summed E-state index contributed by atoms with van der Waals surface area (Å²) < 4.78 is 0. The maximum absolute atomic E-state index is 12.8. The van der Waals surface area contributed by atoms with Crippen LogP contribution in [-0.2, 0) is 4.79 Å². The minimum Gasteiger partial charge on any atom is -0.393 e. The predicted octanol–water partition coefficient (Wildman–Crippen LogP) is 6.36. The molecule has 0 radical (unpaired) electrons. The van der Waals surface area contributed by atoms with Crippen molar-refractivity contribution in [1.82, 2.24) is 4.90 Å². The van der Waals surface area contributed by atoms with E-state index < -0.39 is 0 Å². The molecule has 0 spiro atoms. The van der Waals surface area contributed by atoms with Gasteiger partial charge in [-0.2, -0.15) is 0 Å². The first-order valence-corrected chi connectivity index (χ1v) is 14.0. The van der Waals surface area contributed by atoms with E-state index >= 15 is 0 Å². The first-order valence-electron chi connectivity index (χ1n) is 14.0. The number of likely N-dealkylation sites (tertiary alicyclic amines) is 1. The Labute approximate surface area is 196 Å². The lowest BCUT2D eigenvalue weighted by molar-refractivity contribution is -0.132. The first-order chi connectivity index (χ1) is 15.3. The zero-order valence-corrected chi connectivity index (χ0v) is 21.0. The Morgan fingerprint density at radius 2 is 1.88 bits per heavy atom. The number of hydrogen-bond donors (Lipinski definition) is 1. The van der Waals surface area contributed by atoms with Gasteiger partial charge in [0, 0.05) is 19.5 Å². The molecule has 0 aromatic rings. The molecule has 8 atom stereocenters. The van der Waals surface area contributed by atoms with Gasteiger partial charge in [0.05, 0.1) is 6.10 Å². The summed E-state index contributed by atoms with van der Waals surface area (Å²) >= 11 is 0. The monoisotopic (exact) mass is 441 g/mol. The molecule has 1 unspecified atom stereocenters. The van der Waals surface area contributed by atoms with Crippen molar-refractivity contribution >= 4 is 5.91 Å². The molecule has 5 rings (SSSR count). The maximum Gasteiger partial charge on any atom is 0.222 e. The number of carbonyl (C=O) groups excluding carboxylic acids is 1. The molecule has 1 N–H and O–H groups in total. The van der Waals surface area contributed by atoms with Gasteiger partial charge >= 0.3 is 0 Å². The van der Waals surface area contributed by atoms with Crippen LogP contribution in [0, 0.1) is 40.4 Å². The topological polar surface area (TPSA) is 40.5 Å². The Kier molecular flexibility index (Phi) is 6.27. The van der Waals surface area contributed by atoms with Gasteiger partial charge in [-0.25, -0.2) is 0 Å². The Morgan fingerprint density at radius 1 is 1.09 bits per heavy atom. The smallest absolute Gasteiger partial charge is 0.222 e. The van der Waals surface area contributed by atoms with E-state index in [1.54, 1.807) is 5.57 Å². The first kappa shape index (κ1) is 22.9. The molecule has 0 aromatic heterocycles. The van der Waals surface area contributed by atoms with Crippen molar-refractivity contribution in [3.8, 4) is 0 Å². The number of hydrogen-bond acceptors (Lipinski definition) is 2. The van der Waals surface area contributed by atoms with Crippen molar-refractivity contribution in [2.75, 3.05) is 13.1 Å². The average molecular weight is 442 g/mol. The Morgan fingerprint density at radius 3 is 2.66 bits per heavy atom. The quantitative estimate of drug-likeness (QED) is 0.516. The van der Waals surface area contributed by atoms with E-state index in [1.165, 1.54) is 57.8 Å². The lowest BCUT2D eigenvalue weighted by atomic mass is 9.47. The molecule has 1 amide bonds. The highest BCUT2D eigenvalue weighted by atomic mass is 16.3. The number of aliphatic hydroxyl groups is 1. The average Bonchev–Trinajstić information content (AvgIpc) is 3.15. The Balaban J connectivity index is 1.25. The van der Waals surface area contributed by atoms with Crippen LogP contribution < -0.4 is 0 Å². The van der Waals surface area contributed by atoms with Crippen LogP contribution in [-0.4, -0.2) is 35.1 Å². The van der Waals surface area contributed by atoms with E-state index in [-0.39, 0.29) is 6.10 Å². The molecular formula is C29H47NO2. The molecule has 4 fully saturated rings. The molecule has 0 bridgehead atoms. The number of aliphatic hydroxyl groups excluding tert-OH is 1. The van der Waals surface area contributed by atoms with E-state index in [1.807, 2.05) is 0 Å². The largest absolute Gasteiger partial charge is 0.393 e. The number of fused-ring (bicyclic) bond motifs is 5. The van der Waals surface area contributed by atoms with Gasteiger partial charge in [-0.05, 0) is 117 Å². The molecule has 3 heteroatoms. The number of rotatable bonds is 4. The molecular weight excluding hydrogens is 394 g/mol. The number of allylic oxidation sites excluding steroid dienone is 1. The standard InChI is InChI=1S/C29H47NO2/c1-20(7-12-27(32)30-17-5-4-6-18-30)24-10-11-25-23-9-8-21-19-22(31)13-15-28(21,2)26(23)14-16-29(24,25)3/h8,20,22-26,31H,4-7,9-19H2,1-3H3/t20-,22-,23-,24+,25-,26?,28-,29+/m0/s1. The molecule has 1 aliphatic heterocycles. The minimum atomic E-state index is -0.107. The molecule has 1 heterocycles. The second kappa shape index (κ2) is 8.75. The Bertz CT molecular complexity index is 739. The summed E-state index contributed by atoms with van der Waals surface area (Å²) in [5.74, 6) is 4.37. The van der Waals surface area contributed by atoms with Crippen molar-refractivity contribution in [3.05, 3.63) is 11.6 Å². The maximum atomic E-state index is 12.8. The van der Waals surface area contributed by atoms with E-state index in [2.05, 4.69) is 31.7 Å². The van der Waals surface area contributed by atoms with Crippen LogP contribution in [0.25, 0.3) is 0 Å². The number of nitrogens with zero attached hydrogens (tertiary/aromatic N) is 1. The third-order valence-electron chi connectivity index (χ3n) is 11.4. The van der Waals surface area contributed by atoms with Crippen molar-refractivity contribution in [2.45, 2.75) is 110 Å². The van der Waals surface area contributed by atoms with Gasteiger partial charge in [0.25, 0.3) is 0 Å².